The summed E-state index contributed by atoms with van der Waals surface area (Å²) in [5.74, 6) is 0.582. The lowest BCUT2D eigenvalue weighted by molar-refractivity contribution is -0.116. The van der Waals surface area contributed by atoms with Gasteiger partial charge in [-0.15, -0.1) is 0 Å². The summed E-state index contributed by atoms with van der Waals surface area (Å²) in [6.45, 7) is 0.551. The summed E-state index contributed by atoms with van der Waals surface area (Å²) in [7, 11) is 1.60. The van der Waals surface area contributed by atoms with Gasteiger partial charge in [-0.25, -0.2) is 0 Å². The first-order valence-electron chi connectivity index (χ1n) is 6.88. The van der Waals surface area contributed by atoms with Crippen molar-refractivity contribution in [2.24, 2.45) is 0 Å². The number of pyridine rings is 1. The largest absolute Gasteiger partial charge is 0.496 e. The maximum atomic E-state index is 11.8. The third-order valence-corrected chi connectivity index (χ3v) is 3.51. The number of ether oxygens (including phenoxy) is 1. The number of nitrogens with zero attached hydrogens (tertiary/aromatic N) is 1. The van der Waals surface area contributed by atoms with Crippen LogP contribution >= 0.6 is 15.9 Å². The highest BCUT2D eigenvalue weighted by molar-refractivity contribution is 9.10. The molecule has 0 saturated heterocycles. The van der Waals surface area contributed by atoms with E-state index in [2.05, 4.69) is 26.2 Å². The predicted octanol–water partition coefficient (Wildman–Crippen LogP) is 3.22. The van der Waals surface area contributed by atoms with E-state index in [1.807, 2.05) is 36.4 Å². The number of amides is 1. The van der Waals surface area contributed by atoms with Crippen molar-refractivity contribution >= 4 is 27.9 Å². The van der Waals surface area contributed by atoms with Crippen LogP contribution in [0, 0.1) is 0 Å². The van der Waals surface area contributed by atoms with Gasteiger partial charge in [0.2, 0.25) is 5.91 Å². The Morgan fingerprint density at radius 2 is 2.23 bits per heavy atom. The Labute approximate surface area is 138 Å². The van der Waals surface area contributed by atoms with Crippen LogP contribution in [0.3, 0.4) is 0 Å². The quantitative estimate of drug-likeness (QED) is 0.804. The highest BCUT2D eigenvalue weighted by Crippen LogP contribution is 2.23. The Kier molecular flexibility index (Phi) is 6.15. The molecular weight excluding hydrogens is 344 g/mol. The van der Waals surface area contributed by atoms with Crippen LogP contribution < -0.4 is 10.1 Å². The molecule has 0 radical (unpaired) electrons. The van der Waals surface area contributed by atoms with Gasteiger partial charge in [0.1, 0.15) is 5.75 Å². The lowest BCUT2D eigenvalue weighted by atomic mass is 10.2. The minimum absolute atomic E-state index is 0.141. The molecule has 0 unspecified atom stereocenters. The predicted molar refractivity (Wildman–Crippen MR) is 90.7 cm³/mol. The second-order valence-corrected chi connectivity index (χ2v) is 5.50. The molecule has 0 bridgehead atoms. The Hall–Kier alpha value is -2.14. The second kappa shape index (κ2) is 8.34. The van der Waals surface area contributed by atoms with E-state index in [1.54, 1.807) is 19.4 Å². The van der Waals surface area contributed by atoms with E-state index in [0.717, 1.165) is 21.5 Å². The van der Waals surface area contributed by atoms with Crippen LogP contribution in [0.5, 0.6) is 5.75 Å². The van der Waals surface area contributed by atoms with Crippen LogP contribution in [-0.2, 0) is 11.2 Å². The number of benzene rings is 1. The van der Waals surface area contributed by atoms with Gasteiger partial charge in [-0.05, 0) is 36.4 Å². The summed E-state index contributed by atoms with van der Waals surface area (Å²) in [4.78, 5) is 16.0. The summed E-state index contributed by atoms with van der Waals surface area (Å²) < 4.78 is 6.19. The van der Waals surface area contributed by atoms with E-state index < -0.39 is 0 Å². The number of rotatable bonds is 6. The van der Waals surface area contributed by atoms with Crippen molar-refractivity contribution in [2.45, 2.75) is 6.42 Å². The van der Waals surface area contributed by atoms with E-state index in [4.69, 9.17) is 4.74 Å². The standard InChI is InChI=1S/C17H17BrN2O2/c1-22-16-7-6-14(18)12-13(16)5-8-17(21)20-11-9-15-4-2-3-10-19-15/h2-8,10,12H,9,11H2,1H3,(H,20,21)/b8-5+. The number of carbonyl (C=O) groups excluding carboxylic acids is 1. The van der Waals surface area contributed by atoms with Gasteiger partial charge >= 0.3 is 0 Å². The molecule has 22 heavy (non-hydrogen) atoms. The van der Waals surface area contributed by atoms with Gasteiger partial charge in [-0.3, -0.25) is 9.78 Å². The molecule has 0 aliphatic rings. The molecule has 5 heteroatoms. The van der Waals surface area contributed by atoms with Gasteiger partial charge < -0.3 is 10.1 Å². The zero-order valence-corrected chi connectivity index (χ0v) is 13.8. The van der Waals surface area contributed by atoms with E-state index in [-0.39, 0.29) is 5.91 Å². The molecule has 0 aliphatic heterocycles. The molecule has 1 amide bonds. The van der Waals surface area contributed by atoms with Crippen molar-refractivity contribution < 1.29 is 9.53 Å². The molecule has 0 saturated carbocycles. The highest BCUT2D eigenvalue weighted by atomic mass is 79.9. The summed E-state index contributed by atoms with van der Waals surface area (Å²) in [6, 6.07) is 11.4. The Morgan fingerprint density at radius 1 is 1.36 bits per heavy atom. The number of nitrogens with one attached hydrogen (secondary N) is 1. The summed E-state index contributed by atoms with van der Waals surface area (Å²) >= 11 is 3.40. The lowest BCUT2D eigenvalue weighted by Crippen LogP contribution is -2.23. The maximum Gasteiger partial charge on any atom is 0.244 e. The third kappa shape index (κ3) is 5.00. The van der Waals surface area contributed by atoms with Gasteiger partial charge in [0.15, 0.2) is 0 Å². The van der Waals surface area contributed by atoms with E-state index in [1.165, 1.54) is 6.08 Å². The number of methoxy groups -OCH3 is 1. The van der Waals surface area contributed by atoms with Gasteiger partial charge in [0.05, 0.1) is 7.11 Å². The van der Waals surface area contributed by atoms with Crippen LogP contribution in [0.1, 0.15) is 11.3 Å². The van der Waals surface area contributed by atoms with E-state index in [9.17, 15) is 4.79 Å². The van der Waals surface area contributed by atoms with Crippen molar-refractivity contribution in [2.75, 3.05) is 13.7 Å². The monoisotopic (exact) mass is 360 g/mol. The molecule has 2 aromatic rings. The lowest BCUT2D eigenvalue weighted by Gasteiger charge is -2.05. The Bertz CT molecular complexity index is 657. The van der Waals surface area contributed by atoms with Crippen molar-refractivity contribution in [3.8, 4) is 5.75 Å². The van der Waals surface area contributed by atoms with Crippen molar-refractivity contribution in [1.29, 1.82) is 0 Å². The summed E-state index contributed by atoms with van der Waals surface area (Å²) in [6.07, 6.45) is 5.69. The van der Waals surface area contributed by atoms with Gasteiger partial charge in [-0.1, -0.05) is 22.0 Å². The maximum absolute atomic E-state index is 11.8. The normalized spacial score (nSPS) is 10.6. The topological polar surface area (TPSA) is 51.2 Å². The number of aromatic nitrogens is 1. The van der Waals surface area contributed by atoms with Crippen molar-refractivity contribution in [3.05, 3.63) is 64.4 Å². The van der Waals surface area contributed by atoms with Crippen LogP contribution in [0.2, 0.25) is 0 Å². The molecule has 0 spiro atoms. The first-order valence-corrected chi connectivity index (χ1v) is 7.67. The Balaban J connectivity index is 1.87. The average molecular weight is 361 g/mol. The number of carbonyl (C=O) groups is 1. The molecule has 1 aromatic heterocycles. The molecule has 114 valence electrons. The minimum atomic E-state index is -0.141. The fourth-order valence-electron chi connectivity index (χ4n) is 1.92. The van der Waals surface area contributed by atoms with Gasteiger partial charge in [-0.2, -0.15) is 0 Å². The Morgan fingerprint density at radius 3 is 2.95 bits per heavy atom. The molecule has 4 nitrogen and oxygen atoms in total. The highest BCUT2D eigenvalue weighted by Gasteiger charge is 2.02. The summed E-state index contributed by atoms with van der Waals surface area (Å²) in [5.41, 5.74) is 1.80. The fraction of sp³-hybridized carbons (Fsp3) is 0.176. The van der Waals surface area contributed by atoms with Gasteiger partial charge in [0, 0.05) is 41.0 Å². The van der Waals surface area contributed by atoms with E-state index >= 15 is 0 Å². The summed E-state index contributed by atoms with van der Waals surface area (Å²) in [5, 5.41) is 2.84. The van der Waals surface area contributed by atoms with Crippen LogP contribution in [-0.4, -0.2) is 24.5 Å². The molecule has 1 aromatic carbocycles. The fourth-order valence-corrected chi connectivity index (χ4v) is 2.30. The zero-order valence-electron chi connectivity index (χ0n) is 12.3. The minimum Gasteiger partial charge on any atom is -0.496 e. The average Bonchev–Trinajstić information content (AvgIpc) is 2.54. The smallest absolute Gasteiger partial charge is 0.244 e. The number of hydrogen-bond donors (Lipinski definition) is 1. The molecule has 0 aliphatic carbocycles. The zero-order chi connectivity index (χ0) is 15.8. The molecule has 0 atom stereocenters. The van der Waals surface area contributed by atoms with Crippen LogP contribution in [0.25, 0.3) is 6.08 Å². The van der Waals surface area contributed by atoms with Crippen LogP contribution in [0.4, 0.5) is 0 Å². The SMILES string of the molecule is COc1ccc(Br)cc1/C=C/C(=O)NCCc1ccccn1. The molecular formula is C17H17BrN2O2. The molecule has 2 rings (SSSR count). The molecule has 0 fully saturated rings. The first kappa shape index (κ1) is 16.2. The van der Waals surface area contributed by atoms with Gasteiger partial charge in [0.25, 0.3) is 0 Å². The van der Waals surface area contributed by atoms with Crippen LogP contribution in [0.15, 0.2) is 53.1 Å². The first-order chi connectivity index (χ1) is 10.7. The third-order valence-electron chi connectivity index (χ3n) is 3.01. The number of hydrogen-bond acceptors (Lipinski definition) is 3. The number of halogens is 1. The second-order valence-electron chi connectivity index (χ2n) is 4.58. The van der Waals surface area contributed by atoms with Crippen molar-refractivity contribution in [1.82, 2.24) is 10.3 Å². The molecule has 1 heterocycles. The van der Waals surface area contributed by atoms with Crippen molar-refractivity contribution in [3.63, 3.8) is 0 Å². The molecule has 1 N–H and O–H groups in total. The van der Waals surface area contributed by atoms with E-state index in [0.29, 0.717) is 13.0 Å².